The summed E-state index contributed by atoms with van der Waals surface area (Å²) >= 11 is 9.86. The summed E-state index contributed by atoms with van der Waals surface area (Å²) < 4.78 is 28.3. The Morgan fingerprint density at radius 2 is 1.86 bits per heavy atom. The summed E-state index contributed by atoms with van der Waals surface area (Å²) in [5.41, 5.74) is 2.17. The molecule has 11 heteroatoms. The molecule has 0 aliphatic heterocycles. The normalized spacial score (nSPS) is 20.1. The highest BCUT2D eigenvalue weighted by atomic mass is 79.9. The highest BCUT2D eigenvalue weighted by molar-refractivity contribution is 9.10. The number of aromatic nitrogens is 4. The first-order chi connectivity index (χ1) is 13.8. The zero-order valence-electron chi connectivity index (χ0n) is 15.6. The van der Waals surface area contributed by atoms with E-state index in [1.165, 1.54) is 6.26 Å². The Morgan fingerprint density at radius 1 is 1.14 bits per heavy atom. The van der Waals surface area contributed by atoms with Crippen LogP contribution in [0.3, 0.4) is 0 Å². The van der Waals surface area contributed by atoms with E-state index in [1.807, 2.05) is 22.7 Å². The molecular formula is C18H20BrClN6O2S. The summed E-state index contributed by atoms with van der Waals surface area (Å²) in [6.07, 6.45) is 9.63. The zero-order chi connectivity index (χ0) is 20.6. The fourth-order valence-electron chi connectivity index (χ4n) is 3.59. The Labute approximate surface area is 182 Å². The van der Waals surface area contributed by atoms with Crippen LogP contribution in [0.15, 0.2) is 35.2 Å². The highest BCUT2D eigenvalue weighted by Crippen LogP contribution is 2.29. The molecule has 1 aliphatic rings. The SMILES string of the molecule is CS(=O)(=O)N[C@H]1CC[C@H](Nc2ncc(Cl)c(-c3cnc4ccc(Br)cn34)n2)CC1. The minimum absolute atomic E-state index is 0.0126. The molecule has 3 aromatic heterocycles. The molecule has 0 amide bonds. The number of fused-ring (bicyclic) bond motifs is 1. The summed E-state index contributed by atoms with van der Waals surface area (Å²) in [7, 11) is -3.18. The lowest BCUT2D eigenvalue weighted by Gasteiger charge is -2.29. The van der Waals surface area contributed by atoms with Gasteiger partial charge in [-0.1, -0.05) is 11.6 Å². The van der Waals surface area contributed by atoms with Gasteiger partial charge in [-0.15, -0.1) is 0 Å². The molecule has 4 rings (SSSR count). The molecule has 2 N–H and O–H groups in total. The lowest BCUT2D eigenvalue weighted by atomic mass is 9.92. The van der Waals surface area contributed by atoms with Crippen LogP contribution in [0, 0.1) is 0 Å². The Hall–Kier alpha value is -1.75. The van der Waals surface area contributed by atoms with Crippen LogP contribution in [0.5, 0.6) is 0 Å². The molecule has 0 saturated heterocycles. The third-order valence-electron chi connectivity index (χ3n) is 4.90. The predicted molar refractivity (Wildman–Crippen MR) is 117 cm³/mol. The van der Waals surface area contributed by atoms with Gasteiger partial charge in [0.15, 0.2) is 0 Å². The van der Waals surface area contributed by atoms with Crippen LogP contribution in [0.4, 0.5) is 5.95 Å². The van der Waals surface area contributed by atoms with Crippen molar-refractivity contribution in [2.45, 2.75) is 37.8 Å². The lowest BCUT2D eigenvalue weighted by Crippen LogP contribution is -2.39. The summed E-state index contributed by atoms with van der Waals surface area (Å²) in [6, 6.07) is 4.00. The molecule has 29 heavy (non-hydrogen) atoms. The van der Waals surface area contributed by atoms with Crippen LogP contribution in [-0.4, -0.2) is 46.1 Å². The van der Waals surface area contributed by atoms with Crippen LogP contribution in [-0.2, 0) is 10.0 Å². The van der Waals surface area contributed by atoms with Crippen molar-refractivity contribution in [2.24, 2.45) is 0 Å². The average molecular weight is 500 g/mol. The van der Waals surface area contributed by atoms with Gasteiger partial charge < -0.3 is 5.32 Å². The van der Waals surface area contributed by atoms with E-state index in [4.69, 9.17) is 11.6 Å². The quantitative estimate of drug-likeness (QED) is 0.557. The molecule has 3 heterocycles. The maximum Gasteiger partial charge on any atom is 0.223 e. The van der Waals surface area contributed by atoms with Crippen molar-refractivity contribution in [3.63, 3.8) is 0 Å². The number of nitrogens with one attached hydrogen (secondary N) is 2. The van der Waals surface area contributed by atoms with Crippen LogP contribution < -0.4 is 10.0 Å². The third-order valence-corrected chi connectivity index (χ3v) is 6.40. The van der Waals surface area contributed by atoms with E-state index in [0.29, 0.717) is 16.7 Å². The van der Waals surface area contributed by atoms with Gasteiger partial charge >= 0.3 is 0 Å². The summed E-state index contributed by atoms with van der Waals surface area (Å²) in [5.74, 6) is 0.494. The fraction of sp³-hybridized carbons (Fsp3) is 0.389. The minimum atomic E-state index is -3.18. The van der Waals surface area contributed by atoms with E-state index in [-0.39, 0.29) is 12.1 Å². The van der Waals surface area contributed by atoms with Crippen molar-refractivity contribution in [2.75, 3.05) is 11.6 Å². The van der Waals surface area contributed by atoms with Crippen molar-refractivity contribution >= 4 is 49.1 Å². The Morgan fingerprint density at radius 3 is 2.59 bits per heavy atom. The number of nitrogens with zero attached hydrogens (tertiary/aromatic N) is 4. The van der Waals surface area contributed by atoms with E-state index < -0.39 is 10.0 Å². The maximum atomic E-state index is 11.4. The van der Waals surface area contributed by atoms with E-state index in [0.717, 1.165) is 41.5 Å². The maximum absolute atomic E-state index is 11.4. The van der Waals surface area contributed by atoms with E-state index in [2.05, 4.69) is 40.9 Å². The monoisotopic (exact) mass is 498 g/mol. The molecule has 1 aliphatic carbocycles. The second kappa shape index (κ2) is 8.17. The van der Waals surface area contributed by atoms with Crippen LogP contribution in [0.25, 0.3) is 17.0 Å². The first-order valence-corrected chi connectivity index (χ1v) is 12.2. The van der Waals surface area contributed by atoms with Gasteiger partial charge in [0, 0.05) is 22.8 Å². The standard InChI is InChI=1S/C18H20BrClN6O2S/c1-29(27,28)25-13-5-3-12(4-6-13)23-18-22-8-14(20)17(24-18)15-9-21-16-7-2-11(19)10-26(15)16/h2,7-10,12-13,25H,3-6H2,1H3,(H,22,23,24)/t12-,13-. The van der Waals surface area contributed by atoms with Gasteiger partial charge in [-0.3, -0.25) is 4.40 Å². The van der Waals surface area contributed by atoms with Gasteiger partial charge in [-0.05, 0) is 53.7 Å². The van der Waals surface area contributed by atoms with Gasteiger partial charge in [0.1, 0.15) is 11.3 Å². The lowest BCUT2D eigenvalue weighted by molar-refractivity contribution is 0.387. The van der Waals surface area contributed by atoms with E-state index in [9.17, 15) is 8.42 Å². The first kappa shape index (κ1) is 20.5. The number of hydrogen-bond acceptors (Lipinski definition) is 6. The topological polar surface area (TPSA) is 101 Å². The molecule has 8 nitrogen and oxygen atoms in total. The summed E-state index contributed by atoms with van der Waals surface area (Å²) in [5, 5.41) is 3.80. The Balaban J connectivity index is 1.51. The van der Waals surface area contributed by atoms with Crippen molar-refractivity contribution < 1.29 is 8.42 Å². The molecule has 154 valence electrons. The van der Waals surface area contributed by atoms with Gasteiger partial charge in [0.25, 0.3) is 0 Å². The number of imidazole rings is 1. The minimum Gasteiger partial charge on any atom is -0.351 e. The molecule has 0 atom stereocenters. The molecular weight excluding hydrogens is 480 g/mol. The first-order valence-electron chi connectivity index (χ1n) is 9.18. The number of pyridine rings is 1. The van der Waals surface area contributed by atoms with Crippen molar-refractivity contribution in [3.05, 3.63) is 40.2 Å². The Bertz CT molecular complexity index is 1140. The van der Waals surface area contributed by atoms with Gasteiger partial charge in [-0.25, -0.2) is 28.1 Å². The number of sulfonamides is 1. The summed E-state index contributed by atoms with van der Waals surface area (Å²) in [4.78, 5) is 13.3. The van der Waals surface area contributed by atoms with Crippen LogP contribution >= 0.6 is 27.5 Å². The van der Waals surface area contributed by atoms with Gasteiger partial charge in [0.2, 0.25) is 16.0 Å². The van der Waals surface area contributed by atoms with Crippen molar-refractivity contribution in [1.29, 1.82) is 0 Å². The molecule has 1 fully saturated rings. The van der Waals surface area contributed by atoms with E-state index >= 15 is 0 Å². The zero-order valence-corrected chi connectivity index (χ0v) is 18.8. The molecule has 0 aromatic carbocycles. The molecule has 1 saturated carbocycles. The average Bonchev–Trinajstić information content (AvgIpc) is 3.06. The van der Waals surface area contributed by atoms with Crippen molar-refractivity contribution in [1.82, 2.24) is 24.1 Å². The molecule has 3 aromatic rings. The Kier molecular flexibility index (Phi) is 5.78. The third kappa shape index (κ3) is 4.88. The number of anilines is 1. The fourth-order valence-corrected chi connectivity index (χ4v) is 4.95. The largest absolute Gasteiger partial charge is 0.351 e. The van der Waals surface area contributed by atoms with Gasteiger partial charge in [-0.2, -0.15) is 0 Å². The highest BCUT2D eigenvalue weighted by Gasteiger charge is 2.24. The number of hydrogen-bond donors (Lipinski definition) is 2. The van der Waals surface area contributed by atoms with Gasteiger partial charge in [0.05, 0.1) is 29.4 Å². The molecule has 0 spiro atoms. The van der Waals surface area contributed by atoms with Crippen LogP contribution in [0.1, 0.15) is 25.7 Å². The summed E-state index contributed by atoms with van der Waals surface area (Å²) in [6.45, 7) is 0. The molecule has 0 radical (unpaired) electrons. The van der Waals surface area contributed by atoms with Crippen LogP contribution in [0.2, 0.25) is 5.02 Å². The molecule has 0 bridgehead atoms. The second-order valence-corrected chi connectivity index (χ2v) is 10.3. The second-order valence-electron chi connectivity index (χ2n) is 7.19. The van der Waals surface area contributed by atoms with E-state index in [1.54, 1.807) is 12.4 Å². The number of rotatable bonds is 5. The number of halogens is 2. The smallest absolute Gasteiger partial charge is 0.223 e. The predicted octanol–water partition coefficient (Wildman–Crippen LogP) is 3.48. The molecule has 0 unspecified atom stereocenters. The van der Waals surface area contributed by atoms with Crippen molar-refractivity contribution in [3.8, 4) is 11.4 Å².